The normalized spacial score (nSPS) is 11.8. The van der Waals surface area contributed by atoms with Crippen LogP contribution in [-0.4, -0.2) is 27.7 Å². The number of aryl methyl sites for hydroxylation is 2. The van der Waals surface area contributed by atoms with E-state index in [0.29, 0.717) is 5.13 Å². The van der Waals surface area contributed by atoms with E-state index < -0.39 is 6.04 Å². The Kier molecular flexibility index (Phi) is 6.11. The number of nitrogens with one attached hydrogen (secondary N) is 2. The number of carbonyl (C=O) groups is 1. The summed E-state index contributed by atoms with van der Waals surface area (Å²) in [6, 6.07) is 3.66. The minimum atomic E-state index is -0.458. The summed E-state index contributed by atoms with van der Waals surface area (Å²) in [7, 11) is 3.57. The molecule has 0 aromatic carbocycles. The predicted molar refractivity (Wildman–Crippen MR) is 101 cm³/mol. The van der Waals surface area contributed by atoms with Crippen molar-refractivity contribution >= 4 is 46.1 Å². The fraction of sp³-hybridized carbons (Fsp3) is 0.267. The first-order valence-corrected chi connectivity index (χ1v) is 8.75. The molecule has 0 saturated heterocycles. The fourth-order valence-corrected chi connectivity index (χ4v) is 3.85. The second-order valence-corrected chi connectivity index (χ2v) is 7.25. The van der Waals surface area contributed by atoms with Gasteiger partial charge in [0.25, 0.3) is 0 Å². The zero-order valence-corrected chi connectivity index (χ0v) is 15.9. The predicted octanol–water partition coefficient (Wildman–Crippen LogP) is 3.23. The van der Waals surface area contributed by atoms with Crippen LogP contribution >= 0.6 is 35.1 Å². The highest BCUT2D eigenvalue weighted by molar-refractivity contribution is 7.17. The zero-order chi connectivity index (χ0) is 16.4. The van der Waals surface area contributed by atoms with E-state index in [1.807, 2.05) is 24.7 Å². The molecule has 128 valence electrons. The van der Waals surface area contributed by atoms with Crippen molar-refractivity contribution in [2.75, 3.05) is 12.4 Å². The summed E-state index contributed by atoms with van der Waals surface area (Å²) in [4.78, 5) is 19.3. The molecular formula is C15H18ClN5OS2. The molecule has 1 unspecified atom stereocenters. The van der Waals surface area contributed by atoms with Crippen LogP contribution in [0.1, 0.15) is 16.5 Å². The molecule has 1 atom stereocenters. The molecular weight excluding hydrogens is 366 g/mol. The number of thiophene rings is 1. The fourth-order valence-electron chi connectivity index (χ4n) is 2.23. The third-order valence-electron chi connectivity index (χ3n) is 3.34. The summed E-state index contributed by atoms with van der Waals surface area (Å²) in [5, 5.41) is 12.5. The molecule has 0 aliphatic rings. The Morgan fingerprint density at radius 1 is 1.38 bits per heavy atom. The van der Waals surface area contributed by atoms with E-state index in [1.54, 1.807) is 29.3 Å². The Labute approximate surface area is 154 Å². The minimum absolute atomic E-state index is 0. The van der Waals surface area contributed by atoms with Crippen LogP contribution in [0.4, 0.5) is 5.13 Å². The van der Waals surface area contributed by atoms with Gasteiger partial charge in [0.15, 0.2) is 5.13 Å². The smallest absolute Gasteiger partial charge is 0.247 e. The van der Waals surface area contributed by atoms with E-state index in [1.165, 1.54) is 16.2 Å². The number of aromatic nitrogens is 3. The molecule has 0 spiro atoms. The summed E-state index contributed by atoms with van der Waals surface area (Å²) < 4.78 is 1.67. The lowest BCUT2D eigenvalue weighted by molar-refractivity contribution is -0.118. The van der Waals surface area contributed by atoms with Crippen LogP contribution in [0.2, 0.25) is 0 Å². The molecule has 24 heavy (non-hydrogen) atoms. The van der Waals surface area contributed by atoms with Crippen molar-refractivity contribution < 1.29 is 4.79 Å². The SMILES string of the molecule is CNC(C(=O)Nc1nc(-c2ccc(C)s2)cs1)c1cnn(C)c1.Cl. The standard InChI is InChI=1S/C15H17N5OS2.ClH/c1-9-4-5-12(23-9)11-8-22-15(18-11)19-14(21)13(16-2)10-6-17-20(3)7-10;/h4-8,13,16H,1-3H3,(H,18,19,21);1H. The van der Waals surface area contributed by atoms with E-state index in [-0.39, 0.29) is 18.3 Å². The van der Waals surface area contributed by atoms with E-state index in [2.05, 4.69) is 33.7 Å². The Bertz CT molecular complexity index is 825. The molecule has 0 aliphatic heterocycles. The van der Waals surface area contributed by atoms with Gasteiger partial charge in [-0.25, -0.2) is 4.98 Å². The van der Waals surface area contributed by atoms with Gasteiger partial charge in [0.2, 0.25) is 5.91 Å². The Morgan fingerprint density at radius 2 is 2.17 bits per heavy atom. The van der Waals surface area contributed by atoms with Gasteiger partial charge in [0, 0.05) is 29.1 Å². The van der Waals surface area contributed by atoms with Crippen molar-refractivity contribution in [3.63, 3.8) is 0 Å². The molecule has 3 heterocycles. The maximum atomic E-state index is 12.5. The van der Waals surface area contributed by atoms with Gasteiger partial charge in [-0.2, -0.15) is 5.10 Å². The third kappa shape index (κ3) is 4.02. The largest absolute Gasteiger partial charge is 0.305 e. The van der Waals surface area contributed by atoms with Crippen molar-refractivity contribution in [2.24, 2.45) is 7.05 Å². The van der Waals surface area contributed by atoms with E-state index in [9.17, 15) is 4.79 Å². The van der Waals surface area contributed by atoms with Crippen LogP contribution in [0.25, 0.3) is 10.6 Å². The quantitative estimate of drug-likeness (QED) is 0.709. The van der Waals surface area contributed by atoms with Crippen molar-refractivity contribution in [1.29, 1.82) is 0 Å². The highest BCUT2D eigenvalue weighted by atomic mass is 35.5. The minimum Gasteiger partial charge on any atom is -0.305 e. The number of amides is 1. The van der Waals surface area contributed by atoms with Crippen LogP contribution in [0, 0.1) is 6.92 Å². The number of thiazole rings is 1. The molecule has 0 radical (unpaired) electrons. The van der Waals surface area contributed by atoms with E-state index >= 15 is 0 Å². The zero-order valence-electron chi connectivity index (χ0n) is 13.4. The average Bonchev–Trinajstić information content (AvgIpc) is 3.22. The molecule has 3 rings (SSSR count). The monoisotopic (exact) mass is 383 g/mol. The van der Waals surface area contributed by atoms with Gasteiger partial charge < -0.3 is 10.6 Å². The number of hydrogen-bond donors (Lipinski definition) is 2. The Morgan fingerprint density at radius 3 is 2.75 bits per heavy atom. The Hall–Kier alpha value is -1.74. The third-order valence-corrected chi connectivity index (χ3v) is 5.12. The first-order valence-electron chi connectivity index (χ1n) is 7.06. The van der Waals surface area contributed by atoms with Crippen LogP contribution in [0.5, 0.6) is 0 Å². The maximum absolute atomic E-state index is 12.5. The summed E-state index contributed by atoms with van der Waals surface area (Å²) in [6.45, 7) is 2.06. The van der Waals surface area contributed by atoms with Crippen molar-refractivity contribution in [2.45, 2.75) is 13.0 Å². The molecule has 0 fully saturated rings. The van der Waals surface area contributed by atoms with Gasteiger partial charge in [0.1, 0.15) is 6.04 Å². The van der Waals surface area contributed by atoms with Gasteiger partial charge in [-0.1, -0.05) is 0 Å². The molecule has 9 heteroatoms. The molecule has 0 saturated carbocycles. The van der Waals surface area contributed by atoms with Crippen LogP contribution in [0.15, 0.2) is 29.9 Å². The highest BCUT2D eigenvalue weighted by Crippen LogP contribution is 2.30. The van der Waals surface area contributed by atoms with E-state index in [4.69, 9.17) is 0 Å². The number of nitrogens with zero attached hydrogens (tertiary/aromatic N) is 3. The van der Waals surface area contributed by atoms with E-state index in [0.717, 1.165) is 16.1 Å². The summed E-state index contributed by atoms with van der Waals surface area (Å²) >= 11 is 3.12. The number of halogens is 1. The van der Waals surface area contributed by atoms with Crippen LogP contribution < -0.4 is 10.6 Å². The van der Waals surface area contributed by atoms with Crippen molar-refractivity contribution in [3.8, 4) is 10.6 Å². The molecule has 0 aliphatic carbocycles. The summed E-state index contributed by atoms with van der Waals surface area (Å²) in [6.07, 6.45) is 3.50. The molecule has 6 nitrogen and oxygen atoms in total. The lowest BCUT2D eigenvalue weighted by Gasteiger charge is -2.12. The van der Waals surface area contributed by atoms with Crippen LogP contribution in [0.3, 0.4) is 0 Å². The first kappa shape index (κ1) is 18.6. The average molecular weight is 384 g/mol. The Balaban J connectivity index is 0.00000208. The molecule has 2 N–H and O–H groups in total. The lowest BCUT2D eigenvalue weighted by atomic mass is 10.1. The number of carbonyl (C=O) groups excluding carboxylic acids is 1. The van der Waals surface area contributed by atoms with Crippen LogP contribution in [-0.2, 0) is 11.8 Å². The van der Waals surface area contributed by atoms with Gasteiger partial charge in [0.05, 0.1) is 16.8 Å². The lowest BCUT2D eigenvalue weighted by Crippen LogP contribution is -2.30. The van der Waals surface area contributed by atoms with Gasteiger partial charge in [-0.05, 0) is 26.1 Å². The second kappa shape index (κ2) is 7.89. The molecule has 1 amide bonds. The number of rotatable bonds is 5. The molecule has 0 bridgehead atoms. The maximum Gasteiger partial charge on any atom is 0.247 e. The number of anilines is 1. The van der Waals surface area contributed by atoms with Crippen molar-refractivity contribution in [3.05, 3.63) is 40.3 Å². The molecule has 3 aromatic rings. The van der Waals surface area contributed by atoms with Crippen molar-refractivity contribution in [1.82, 2.24) is 20.1 Å². The van der Waals surface area contributed by atoms with Gasteiger partial charge in [-0.15, -0.1) is 35.1 Å². The summed E-state index contributed by atoms with van der Waals surface area (Å²) in [5.41, 5.74) is 1.71. The van der Waals surface area contributed by atoms with Gasteiger partial charge in [-0.3, -0.25) is 9.48 Å². The van der Waals surface area contributed by atoms with Gasteiger partial charge >= 0.3 is 0 Å². The molecule has 3 aromatic heterocycles. The number of likely N-dealkylation sites (N-methyl/N-ethyl adjacent to an activating group) is 1. The highest BCUT2D eigenvalue weighted by Gasteiger charge is 2.21. The first-order chi connectivity index (χ1) is 11.1. The second-order valence-electron chi connectivity index (χ2n) is 5.11. The topological polar surface area (TPSA) is 71.8 Å². The number of hydrogen-bond acceptors (Lipinski definition) is 6. The summed E-state index contributed by atoms with van der Waals surface area (Å²) in [5.74, 6) is -0.149.